The van der Waals surface area contributed by atoms with E-state index in [0.29, 0.717) is 10.7 Å². The summed E-state index contributed by atoms with van der Waals surface area (Å²) in [7, 11) is 0. The van der Waals surface area contributed by atoms with E-state index in [-0.39, 0.29) is 16.9 Å². The zero-order chi connectivity index (χ0) is 23.1. The standard InChI is InChI=1S/C25H25N3O2S2/c1-16-6-4-7-21(14-16)26-24(30)18(3)32-23-9-5-8-22(15-23)28-25(31)27-20-12-10-19(11-13-20)17(2)29/h4-15,18H,1-3H3,(H,26,30)(H2,27,28,31). The van der Waals surface area contributed by atoms with Gasteiger partial charge in [0.1, 0.15) is 0 Å². The molecule has 1 unspecified atom stereocenters. The Morgan fingerprint density at radius 2 is 1.47 bits per heavy atom. The number of rotatable bonds is 7. The number of ketones is 1. The van der Waals surface area contributed by atoms with E-state index in [1.807, 2.05) is 74.5 Å². The first-order valence-corrected chi connectivity index (χ1v) is 11.4. The number of amides is 1. The summed E-state index contributed by atoms with van der Waals surface area (Å²) in [6.07, 6.45) is 0. The fourth-order valence-corrected chi connectivity index (χ4v) is 4.12. The zero-order valence-corrected chi connectivity index (χ0v) is 19.8. The van der Waals surface area contributed by atoms with Crippen molar-refractivity contribution in [3.05, 3.63) is 83.9 Å². The van der Waals surface area contributed by atoms with Gasteiger partial charge in [-0.3, -0.25) is 9.59 Å². The average Bonchev–Trinajstić information content (AvgIpc) is 2.74. The number of Topliss-reactive ketones (excluding diaryl/α,β-unsaturated/α-hetero) is 1. The molecule has 0 heterocycles. The molecule has 1 atom stereocenters. The van der Waals surface area contributed by atoms with E-state index in [2.05, 4.69) is 16.0 Å². The topological polar surface area (TPSA) is 70.2 Å². The number of carbonyl (C=O) groups excluding carboxylic acids is 2. The normalized spacial score (nSPS) is 11.3. The zero-order valence-electron chi connectivity index (χ0n) is 18.1. The van der Waals surface area contributed by atoms with Crippen molar-refractivity contribution in [3.63, 3.8) is 0 Å². The third-order valence-electron chi connectivity index (χ3n) is 4.61. The number of hydrogen-bond acceptors (Lipinski definition) is 4. The van der Waals surface area contributed by atoms with Gasteiger partial charge in [-0.15, -0.1) is 11.8 Å². The first-order chi connectivity index (χ1) is 15.3. The Morgan fingerprint density at radius 1 is 0.844 bits per heavy atom. The van der Waals surface area contributed by atoms with Gasteiger partial charge in [0.25, 0.3) is 0 Å². The van der Waals surface area contributed by atoms with E-state index < -0.39 is 0 Å². The lowest BCUT2D eigenvalue weighted by Gasteiger charge is -2.14. The van der Waals surface area contributed by atoms with Crippen molar-refractivity contribution in [2.45, 2.75) is 30.9 Å². The number of aryl methyl sites for hydroxylation is 1. The van der Waals surface area contributed by atoms with E-state index in [0.717, 1.165) is 27.5 Å². The second kappa shape index (κ2) is 10.9. The van der Waals surface area contributed by atoms with Crippen molar-refractivity contribution in [2.75, 3.05) is 16.0 Å². The maximum atomic E-state index is 12.6. The second-order valence-electron chi connectivity index (χ2n) is 7.36. The molecular weight excluding hydrogens is 438 g/mol. The molecule has 0 aliphatic heterocycles. The molecule has 0 fully saturated rings. The highest BCUT2D eigenvalue weighted by Gasteiger charge is 2.15. The lowest BCUT2D eigenvalue weighted by Crippen LogP contribution is -2.22. The molecule has 0 saturated heterocycles. The SMILES string of the molecule is CC(=O)c1ccc(NC(=S)Nc2cccc(SC(C)C(=O)Nc3cccc(C)c3)c2)cc1. The molecule has 0 bridgehead atoms. The van der Waals surface area contributed by atoms with Crippen molar-refractivity contribution in [2.24, 2.45) is 0 Å². The monoisotopic (exact) mass is 463 g/mol. The molecule has 0 aliphatic carbocycles. The highest BCUT2D eigenvalue weighted by atomic mass is 32.2. The maximum Gasteiger partial charge on any atom is 0.237 e. The number of thioether (sulfide) groups is 1. The Hall–Kier alpha value is -3.16. The smallest absolute Gasteiger partial charge is 0.237 e. The first-order valence-electron chi connectivity index (χ1n) is 10.1. The maximum absolute atomic E-state index is 12.6. The van der Waals surface area contributed by atoms with Crippen LogP contribution in [0.5, 0.6) is 0 Å². The largest absolute Gasteiger partial charge is 0.332 e. The first kappa shape index (κ1) is 23.5. The Kier molecular flexibility index (Phi) is 8.03. The Bertz CT molecular complexity index is 1130. The molecule has 3 aromatic carbocycles. The summed E-state index contributed by atoms with van der Waals surface area (Å²) in [5, 5.41) is 9.39. The fourth-order valence-electron chi connectivity index (χ4n) is 2.95. The van der Waals surface area contributed by atoms with E-state index in [4.69, 9.17) is 12.2 Å². The van der Waals surface area contributed by atoms with Gasteiger partial charge in [0.05, 0.1) is 5.25 Å². The summed E-state index contributed by atoms with van der Waals surface area (Å²) < 4.78 is 0. The number of benzene rings is 3. The van der Waals surface area contributed by atoms with Crippen LogP contribution in [0.2, 0.25) is 0 Å². The average molecular weight is 464 g/mol. The van der Waals surface area contributed by atoms with Crippen LogP contribution in [0.4, 0.5) is 17.1 Å². The quantitative estimate of drug-likeness (QED) is 0.223. The van der Waals surface area contributed by atoms with E-state index in [1.54, 1.807) is 12.1 Å². The highest BCUT2D eigenvalue weighted by molar-refractivity contribution is 8.00. The molecule has 164 valence electrons. The number of anilines is 3. The number of carbonyl (C=O) groups is 2. The molecule has 0 spiro atoms. The predicted octanol–water partition coefficient (Wildman–Crippen LogP) is 6.13. The molecule has 3 rings (SSSR count). The minimum Gasteiger partial charge on any atom is -0.332 e. The van der Waals surface area contributed by atoms with Crippen LogP contribution >= 0.6 is 24.0 Å². The molecule has 3 aromatic rings. The Morgan fingerprint density at radius 3 is 2.12 bits per heavy atom. The van der Waals surface area contributed by atoms with Crippen LogP contribution in [0.25, 0.3) is 0 Å². The van der Waals surface area contributed by atoms with Gasteiger partial charge in [-0.1, -0.05) is 18.2 Å². The summed E-state index contributed by atoms with van der Waals surface area (Å²) in [5.41, 5.74) is 4.16. The summed E-state index contributed by atoms with van der Waals surface area (Å²) >= 11 is 6.88. The van der Waals surface area contributed by atoms with Crippen LogP contribution in [-0.4, -0.2) is 22.1 Å². The van der Waals surface area contributed by atoms with Crippen LogP contribution in [0, 0.1) is 6.92 Å². The predicted molar refractivity (Wildman–Crippen MR) is 138 cm³/mol. The number of hydrogen-bond donors (Lipinski definition) is 3. The highest BCUT2D eigenvalue weighted by Crippen LogP contribution is 2.27. The van der Waals surface area contributed by atoms with Crippen LogP contribution in [0.3, 0.4) is 0 Å². The molecule has 5 nitrogen and oxygen atoms in total. The van der Waals surface area contributed by atoms with Crippen LogP contribution in [0.15, 0.2) is 77.7 Å². The minimum absolute atomic E-state index is 0.0216. The van der Waals surface area contributed by atoms with Crippen molar-refractivity contribution < 1.29 is 9.59 Å². The Labute approximate surface area is 198 Å². The number of thiocarbonyl (C=S) groups is 1. The molecule has 3 N–H and O–H groups in total. The van der Waals surface area contributed by atoms with Crippen LogP contribution in [0.1, 0.15) is 29.8 Å². The van der Waals surface area contributed by atoms with Gasteiger partial charge in [-0.05, 0) is 93.1 Å². The molecule has 0 radical (unpaired) electrons. The summed E-state index contributed by atoms with van der Waals surface area (Å²) in [6.45, 7) is 5.41. The molecule has 1 amide bonds. The van der Waals surface area contributed by atoms with Crippen molar-refractivity contribution >= 4 is 57.8 Å². The fraction of sp³-hybridized carbons (Fsp3) is 0.160. The summed E-state index contributed by atoms with van der Waals surface area (Å²) in [6, 6.07) is 22.6. The van der Waals surface area contributed by atoms with Gasteiger partial charge in [0.2, 0.25) is 5.91 Å². The van der Waals surface area contributed by atoms with Crippen LogP contribution < -0.4 is 16.0 Å². The lowest BCUT2D eigenvalue weighted by atomic mass is 10.1. The van der Waals surface area contributed by atoms with Gasteiger partial charge in [0, 0.05) is 27.5 Å². The molecular formula is C25H25N3O2S2. The summed E-state index contributed by atoms with van der Waals surface area (Å²) in [5.74, 6) is -0.0292. The molecule has 32 heavy (non-hydrogen) atoms. The molecule has 0 aliphatic rings. The molecule has 0 aromatic heterocycles. The molecule has 7 heteroatoms. The van der Waals surface area contributed by atoms with E-state index in [1.165, 1.54) is 18.7 Å². The minimum atomic E-state index is -0.268. The number of nitrogens with one attached hydrogen (secondary N) is 3. The van der Waals surface area contributed by atoms with Crippen LogP contribution in [-0.2, 0) is 4.79 Å². The van der Waals surface area contributed by atoms with Crippen molar-refractivity contribution in [1.29, 1.82) is 0 Å². The Balaban J connectivity index is 1.56. The van der Waals surface area contributed by atoms with Gasteiger partial charge < -0.3 is 16.0 Å². The van der Waals surface area contributed by atoms with Crippen molar-refractivity contribution in [1.82, 2.24) is 0 Å². The third-order valence-corrected chi connectivity index (χ3v) is 5.91. The van der Waals surface area contributed by atoms with Gasteiger partial charge in [0.15, 0.2) is 10.9 Å². The van der Waals surface area contributed by atoms with E-state index >= 15 is 0 Å². The van der Waals surface area contributed by atoms with Gasteiger partial charge in [-0.25, -0.2) is 0 Å². The van der Waals surface area contributed by atoms with Crippen molar-refractivity contribution in [3.8, 4) is 0 Å². The van der Waals surface area contributed by atoms with Gasteiger partial charge >= 0.3 is 0 Å². The third kappa shape index (κ3) is 6.93. The van der Waals surface area contributed by atoms with E-state index in [9.17, 15) is 9.59 Å². The summed E-state index contributed by atoms with van der Waals surface area (Å²) in [4.78, 5) is 24.9. The van der Waals surface area contributed by atoms with Gasteiger partial charge in [-0.2, -0.15) is 0 Å². The lowest BCUT2D eigenvalue weighted by molar-refractivity contribution is -0.115. The second-order valence-corrected chi connectivity index (χ2v) is 9.18. The molecule has 0 saturated carbocycles.